The molecule has 0 heterocycles. The second-order valence-corrected chi connectivity index (χ2v) is 5.92. The van der Waals surface area contributed by atoms with Gasteiger partial charge in [-0.2, -0.15) is 0 Å². The van der Waals surface area contributed by atoms with E-state index in [1.807, 2.05) is 0 Å². The molecule has 0 saturated heterocycles. The first-order chi connectivity index (χ1) is 8.75. The van der Waals surface area contributed by atoms with Gasteiger partial charge in [0.2, 0.25) is 0 Å². The summed E-state index contributed by atoms with van der Waals surface area (Å²) in [6, 6.07) is 8.86. The summed E-state index contributed by atoms with van der Waals surface area (Å²) in [5, 5.41) is 0. The monoisotopic (exact) mass is 260 g/mol. The Morgan fingerprint density at radius 3 is 2.26 bits per heavy atom. The third-order valence-electron chi connectivity index (χ3n) is 3.99. The molecule has 1 aliphatic rings. The third kappa shape index (κ3) is 5.40. The minimum atomic E-state index is 0. The van der Waals surface area contributed by atoms with Gasteiger partial charge in [0.05, 0.1) is 6.61 Å². The van der Waals surface area contributed by atoms with Gasteiger partial charge in [-0.1, -0.05) is 70.1 Å². The van der Waals surface area contributed by atoms with Crippen LogP contribution in [0.3, 0.4) is 0 Å². The van der Waals surface area contributed by atoms with Crippen molar-refractivity contribution in [3.05, 3.63) is 29.8 Å². The molecule has 1 aliphatic carbocycles. The SMILES string of the molecule is C.CB(C)c1ccc(COCC2CCCCC2)cc1. The van der Waals surface area contributed by atoms with E-state index in [1.165, 1.54) is 43.1 Å². The number of hydrogen-bond acceptors (Lipinski definition) is 1. The fraction of sp³-hybridized carbons (Fsp3) is 0.647. The molecule has 2 rings (SSSR count). The molecule has 1 nitrogen and oxygen atoms in total. The zero-order valence-electron chi connectivity index (χ0n) is 11.8. The Morgan fingerprint density at radius 1 is 1.05 bits per heavy atom. The summed E-state index contributed by atoms with van der Waals surface area (Å²) in [5.41, 5.74) is 2.71. The van der Waals surface area contributed by atoms with E-state index in [-0.39, 0.29) is 7.43 Å². The van der Waals surface area contributed by atoms with E-state index in [2.05, 4.69) is 37.9 Å². The number of ether oxygens (including phenoxy) is 1. The highest BCUT2D eigenvalue weighted by atomic mass is 16.5. The third-order valence-corrected chi connectivity index (χ3v) is 3.99. The summed E-state index contributed by atoms with van der Waals surface area (Å²) in [5.74, 6) is 0.814. The minimum Gasteiger partial charge on any atom is -0.376 e. The first-order valence-electron chi connectivity index (χ1n) is 7.42. The maximum Gasteiger partial charge on any atom is 0.169 e. The van der Waals surface area contributed by atoms with Crippen molar-refractivity contribution in [3.8, 4) is 0 Å². The molecular weight excluding hydrogens is 231 g/mol. The van der Waals surface area contributed by atoms with Gasteiger partial charge in [-0.3, -0.25) is 0 Å². The van der Waals surface area contributed by atoms with Crippen LogP contribution in [-0.2, 0) is 11.3 Å². The zero-order valence-corrected chi connectivity index (χ0v) is 11.8. The number of rotatable bonds is 5. The molecule has 19 heavy (non-hydrogen) atoms. The summed E-state index contributed by atoms with van der Waals surface area (Å²) in [6.45, 7) is 6.80. The summed E-state index contributed by atoms with van der Waals surface area (Å²) in [7, 11) is 0. The van der Waals surface area contributed by atoms with E-state index in [0.29, 0.717) is 6.71 Å². The molecule has 0 unspecified atom stereocenters. The second kappa shape index (κ2) is 8.42. The van der Waals surface area contributed by atoms with Crippen molar-refractivity contribution in [2.24, 2.45) is 5.92 Å². The first kappa shape index (κ1) is 16.3. The molecule has 2 heteroatoms. The highest BCUT2D eigenvalue weighted by Crippen LogP contribution is 2.23. The number of hydrogen-bond donors (Lipinski definition) is 0. The molecule has 0 N–H and O–H groups in total. The summed E-state index contributed by atoms with van der Waals surface area (Å²) in [6.07, 6.45) is 6.96. The van der Waals surface area contributed by atoms with Gasteiger partial charge in [0.15, 0.2) is 6.71 Å². The normalized spacial score (nSPS) is 15.9. The fourth-order valence-corrected chi connectivity index (χ4v) is 2.70. The van der Waals surface area contributed by atoms with Crippen molar-refractivity contribution < 1.29 is 4.74 Å². The van der Waals surface area contributed by atoms with Crippen LogP contribution in [0.1, 0.15) is 45.1 Å². The predicted octanol–water partition coefficient (Wildman–Crippen LogP) is 4.38. The van der Waals surface area contributed by atoms with Crippen LogP contribution in [0.2, 0.25) is 13.6 Å². The van der Waals surface area contributed by atoms with Crippen molar-refractivity contribution in [3.63, 3.8) is 0 Å². The molecule has 0 aromatic heterocycles. The molecular formula is C17H29BO. The van der Waals surface area contributed by atoms with Crippen LogP contribution in [-0.4, -0.2) is 13.3 Å². The van der Waals surface area contributed by atoms with Gasteiger partial charge in [0, 0.05) is 6.61 Å². The predicted molar refractivity (Wildman–Crippen MR) is 86.5 cm³/mol. The lowest BCUT2D eigenvalue weighted by atomic mass is 9.49. The van der Waals surface area contributed by atoms with Gasteiger partial charge in [0.25, 0.3) is 0 Å². The van der Waals surface area contributed by atoms with Crippen LogP contribution in [0.4, 0.5) is 0 Å². The van der Waals surface area contributed by atoms with Crippen LogP contribution in [0, 0.1) is 5.92 Å². The lowest BCUT2D eigenvalue weighted by molar-refractivity contribution is 0.0739. The van der Waals surface area contributed by atoms with E-state index >= 15 is 0 Å². The Bertz CT molecular complexity index is 339. The molecule has 0 spiro atoms. The van der Waals surface area contributed by atoms with Crippen LogP contribution in [0.5, 0.6) is 0 Å². The molecule has 1 fully saturated rings. The van der Waals surface area contributed by atoms with Gasteiger partial charge in [-0.05, 0) is 24.3 Å². The minimum absolute atomic E-state index is 0. The van der Waals surface area contributed by atoms with Gasteiger partial charge in [-0.25, -0.2) is 0 Å². The van der Waals surface area contributed by atoms with Crippen molar-refractivity contribution in [1.82, 2.24) is 0 Å². The molecule has 0 amide bonds. The van der Waals surface area contributed by atoms with E-state index in [4.69, 9.17) is 4.74 Å². The number of benzene rings is 1. The highest BCUT2D eigenvalue weighted by molar-refractivity contribution is 6.70. The first-order valence-corrected chi connectivity index (χ1v) is 7.42. The molecule has 0 radical (unpaired) electrons. The topological polar surface area (TPSA) is 9.23 Å². The average molecular weight is 260 g/mol. The second-order valence-electron chi connectivity index (χ2n) is 5.92. The quantitative estimate of drug-likeness (QED) is 0.714. The van der Waals surface area contributed by atoms with Crippen molar-refractivity contribution in [2.75, 3.05) is 6.61 Å². The van der Waals surface area contributed by atoms with Crippen LogP contribution >= 0.6 is 0 Å². The van der Waals surface area contributed by atoms with E-state index in [9.17, 15) is 0 Å². The smallest absolute Gasteiger partial charge is 0.169 e. The molecule has 0 atom stereocenters. The highest BCUT2D eigenvalue weighted by Gasteiger charge is 2.13. The van der Waals surface area contributed by atoms with Gasteiger partial charge in [0.1, 0.15) is 0 Å². The molecule has 1 saturated carbocycles. The van der Waals surface area contributed by atoms with Crippen molar-refractivity contribution >= 4 is 12.2 Å². The van der Waals surface area contributed by atoms with Gasteiger partial charge >= 0.3 is 0 Å². The summed E-state index contributed by atoms with van der Waals surface area (Å²) in [4.78, 5) is 0. The Kier molecular flexibility index (Phi) is 7.23. The van der Waals surface area contributed by atoms with E-state index in [0.717, 1.165) is 19.1 Å². The maximum absolute atomic E-state index is 5.86. The van der Waals surface area contributed by atoms with Crippen molar-refractivity contribution in [1.29, 1.82) is 0 Å². The van der Waals surface area contributed by atoms with E-state index < -0.39 is 0 Å². The lowest BCUT2D eigenvalue weighted by Crippen LogP contribution is -2.22. The molecule has 1 aromatic carbocycles. The van der Waals surface area contributed by atoms with Crippen molar-refractivity contribution in [2.45, 2.75) is 59.8 Å². The lowest BCUT2D eigenvalue weighted by Gasteiger charge is -2.21. The van der Waals surface area contributed by atoms with Crippen LogP contribution in [0.15, 0.2) is 24.3 Å². The Morgan fingerprint density at radius 2 is 1.68 bits per heavy atom. The zero-order chi connectivity index (χ0) is 12.8. The van der Waals surface area contributed by atoms with Gasteiger partial charge < -0.3 is 4.74 Å². The average Bonchev–Trinajstić information content (AvgIpc) is 2.40. The van der Waals surface area contributed by atoms with Crippen LogP contribution < -0.4 is 5.46 Å². The maximum atomic E-state index is 5.86. The standard InChI is InChI=1S/C16H25BO.CH4/c1-17(2)16-10-8-15(9-11-16)13-18-12-14-6-4-3-5-7-14;/h8-11,14H,3-7,12-13H2,1-2H3;1H4. The summed E-state index contributed by atoms with van der Waals surface area (Å²) >= 11 is 0. The molecule has 1 aromatic rings. The molecule has 106 valence electrons. The van der Waals surface area contributed by atoms with Gasteiger partial charge in [-0.15, -0.1) is 0 Å². The molecule has 0 aliphatic heterocycles. The summed E-state index contributed by atoms with van der Waals surface area (Å²) < 4.78 is 5.86. The Hall–Kier alpha value is -0.755. The Balaban J connectivity index is 0.00000180. The Labute approximate surface area is 119 Å². The van der Waals surface area contributed by atoms with Crippen LogP contribution in [0.25, 0.3) is 0 Å². The fourth-order valence-electron chi connectivity index (χ4n) is 2.70. The molecule has 0 bridgehead atoms. The van der Waals surface area contributed by atoms with E-state index in [1.54, 1.807) is 0 Å². The largest absolute Gasteiger partial charge is 0.376 e.